The second-order valence-electron chi connectivity index (χ2n) is 5.82. The van der Waals surface area contributed by atoms with Gasteiger partial charge in [0.15, 0.2) is 0 Å². The Labute approximate surface area is 149 Å². The van der Waals surface area contributed by atoms with Crippen LogP contribution < -0.4 is 5.32 Å². The Kier molecular flexibility index (Phi) is 4.81. The number of nitro benzene ring substituents is 1. The number of hydrogen-bond acceptors (Lipinski definition) is 4. The molecule has 0 aliphatic heterocycles. The van der Waals surface area contributed by atoms with Crippen LogP contribution in [0.2, 0.25) is 0 Å². The van der Waals surface area contributed by atoms with Crippen LogP contribution in [0.25, 0.3) is 10.1 Å². The first-order valence-corrected chi connectivity index (χ1v) is 8.90. The molecule has 0 bridgehead atoms. The van der Waals surface area contributed by atoms with Crippen LogP contribution in [-0.4, -0.2) is 10.8 Å². The quantitative estimate of drug-likeness (QED) is 0.497. The maximum atomic E-state index is 12.8. The minimum Gasteiger partial charge on any atom is -0.321 e. The van der Waals surface area contributed by atoms with E-state index < -0.39 is 4.92 Å². The van der Waals surface area contributed by atoms with Gasteiger partial charge in [-0.3, -0.25) is 14.9 Å². The van der Waals surface area contributed by atoms with Crippen molar-refractivity contribution in [2.45, 2.75) is 26.7 Å². The lowest BCUT2D eigenvalue weighted by atomic mass is 10.1. The zero-order chi connectivity index (χ0) is 18.0. The SMILES string of the molecule is CCCc1c(C(=O)Nc2cccc([N+](=O)[O-])c2C)sc2ccccc12. The lowest BCUT2D eigenvalue weighted by Crippen LogP contribution is -2.13. The number of rotatable bonds is 5. The van der Waals surface area contributed by atoms with Gasteiger partial charge in [0.1, 0.15) is 0 Å². The van der Waals surface area contributed by atoms with Crippen molar-refractivity contribution in [1.29, 1.82) is 0 Å². The second kappa shape index (κ2) is 7.03. The summed E-state index contributed by atoms with van der Waals surface area (Å²) in [4.78, 5) is 24.2. The van der Waals surface area contributed by atoms with E-state index in [1.807, 2.05) is 24.3 Å². The molecule has 0 saturated heterocycles. The molecule has 0 radical (unpaired) electrons. The molecule has 0 aliphatic rings. The molecule has 3 rings (SSSR count). The molecule has 1 amide bonds. The molecule has 5 nitrogen and oxygen atoms in total. The van der Waals surface area contributed by atoms with Crippen molar-refractivity contribution in [1.82, 2.24) is 0 Å². The molecular formula is C19H18N2O3S. The number of benzene rings is 2. The van der Waals surface area contributed by atoms with Gasteiger partial charge in [0.2, 0.25) is 0 Å². The minimum absolute atomic E-state index is 0.00271. The van der Waals surface area contributed by atoms with Crippen LogP contribution in [0, 0.1) is 17.0 Å². The molecule has 128 valence electrons. The largest absolute Gasteiger partial charge is 0.321 e. The second-order valence-corrected chi connectivity index (χ2v) is 6.87. The molecule has 1 heterocycles. The van der Waals surface area contributed by atoms with Crippen molar-refractivity contribution >= 4 is 38.7 Å². The first-order chi connectivity index (χ1) is 12.0. The van der Waals surface area contributed by atoms with Crippen LogP contribution in [0.5, 0.6) is 0 Å². The van der Waals surface area contributed by atoms with Gasteiger partial charge >= 0.3 is 0 Å². The molecule has 0 atom stereocenters. The van der Waals surface area contributed by atoms with Crippen LogP contribution in [0.1, 0.15) is 34.1 Å². The van der Waals surface area contributed by atoms with E-state index in [2.05, 4.69) is 12.2 Å². The molecule has 1 N–H and O–H groups in total. The molecule has 0 spiro atoms. The Morgan fingerprint density at radius 3 is 2.68 bits per heavy atom. The van der Waals surface area contributed by atoms with Crippen LogP contribution in [0.4, 0.5) is 11.4 Å². The third-order valence-electron chi connectivity index (χ3n) is 4.15. The highest BCUT2D eigenvalue weighted by molar-refractivity contribution is 7.21. The number of anilines is 1. The van der Waals surface area contributed by atoms with Crippen LogP contribution >= 0.6 is 11.3 Å². The van der Waals surface area contributed by atoms with Crippen LogP contribution in [0.15, 0.2) is 42.5 Å². The Bertz CT molecular complexity index is 962. The summed E-state index contributed by atoms with van der Waals surface area (Å²) in [5.74, 6) is -0.215. The van der Waals surface area contributed by atoms with Gasteiger partial charge in [-0.2, -0.15) is 0 Å². The summed E-state index contributed by atoms with van der Waals surface area (Å²) < 4.78 is 1.08. The van der Waals surface area contributed by atoms with Gasteiger partial charge < -0.3 is 5.32 Å². The Morgan fingerprint density at radius 2 is 1.96 bits per heavy atom. The van der Waals surface area contributed by atoms with Crippen LogP contribution in [0.3, 0.4) is 0 Å². The third kappa shape index (κ3) is 3.25. The fourth-order valence-electron chi connectivity index (χ4n) is 2.92. The van der Waals surface area contributed by atoms with Crippen molar-refractivity contribution in [2.75, 3.05) is 5.32 Å². The fraction of sp³-hybridized carbons (Fsp3) is 0.211. The van der Waals surface area contributed by atoms with E-state index in [1.165, 1.54) is 17.4 Å². The number of hydrogen-bond donors (Lipinski definition) is 1. The number of nitrogens with zero attached hydrogens (tertiary/aromatic N) is 1. The Morgan fingerprint density at radius 1 is 1.20 bits per heavy atom. The molecule has 0 saturated carbocycles. The third-order valence-corrected chi connectivity index (χ3v) is 5.37. The van der Waals surface area contributed by atoms with Crippen molar-refractivity contribution in [2.24, 2.45) is 0 Å². The lowest BCUT2D eigenvalue weighted by Gasteiger charge is -2.09. The van der Waals surface area contributed by atoms with Gasteiger partial charge in [-0.15, -0.1) is 11.3 Å². The summed E-state index contributed by atoms with van der Waals surface area (Å²) in [7, 11) is 0. The summed E-state index contributed by atoms with van der Waals surface area (Å²) in [6, 6.07) is 12.7. The highest BCUT2D eigenvalue weighted by Gasteiger charge is 2.20. The molecule has 0 unspecified atom stereocenters. The van der Waals surface area contributed by atoms with Crippen molar-refractivity contribution in [3.8, 4) is 0 Å². The highest BCUT2D eigenvalue weighted by atomic mass is 32.1. The number of carbonyl (C=O) groups is 1. The molecule has 0 fully saturated rings. The van der Waals surface area contributed by atoms with E-state index in [4.69, 9.17) is 0 Å². The Hall–Kier alpha value is -2.73. The van der Waals surface area contributed by atoms with Crippen molar-refractivity contribution in [3.05, 3.63) is 68.6 Å². The zero-order valence-electron chi connectivity index (χ0n) is 14.0. The first-order valence-electron chi connectivity index (χ1n) is 8.08. The summed E-state index contributed by atoms with van der Waals surface area (Å²) in [6.07, 6.45) is 1.76. The van der Waals surface area contributed by atoms with Gasteiger partial charge in [0.25, 0.3) is 11.6 Å². The van der Waals surface area contributed by atoms with E-state index in [0.29, 0.717) is 16.1 Å². The molecular weight excluding hydrogens is 336 g/mol. The van der Waals surface area contributed by atoms with Crippen molar-refractivity contribution in [3.63, 3.8) is 0 Å². The van der Waals surface area contributed by atoms with Gasteiger partial charge in [0, 0.05) is 10.8 Å². The molecule has 0 aliphatic carbocycles. The topological polar surface area (TPSA) is 72.2 Å². The predicted octanol–water partition coefficient (Wildman–Crippen LogP) is 5.32. The minimum atomic E-state index is -0.438. The fourth-order valence-corrected chi connectivity index (χ4v) is 4.06. The number of nitrogens with one attached hydrogen (secondary N) is 1. The summed E-state index contributed by atoms with van der Waals surface area (Å²) in [6.45, 7) is 3.73. The summed E-state index contributed by atoms with van der Waals surface area (Å²) in [5.41, 5.74) is 1.98. The standard InChI is InChI=1S/C19H18N2O3S/c1-3-7-14-13-8-4-5-11-17(13)25-18(14)19(22)20-15-9-6-10-16(12(15)2)21(23)24/h4-6,8-11H,3,7H2,1-2H3,(H,20,22). The lowest BCUT2D eigenvalue weighted by molar-refractivity contribution is -0.385. The monoisotopic (exact) mass is 354 g/mol. The smallest absolute Gasteiger partial charge is 0.274 e. The van der Waals surface area contributed by atoms with E-state index in [1.54, 1.807) is 19.1 Å². The van der Waals surface area contributed by atoms with Crippen LogP contribution in [-0.2, 0) is 6.42 Å². The first kappa shape index (κ1) is 17.1. The molecule has 1 aromatic heterocycles. The predicted molar refractivity (Wildman–Crippen MR) is 102 cm³/mol. The van der Waals surface area contributed by atoms with Gasteiger partial charge in [-0.25, -0.2) is 0 Å². The van der Waals surface area contributed by atoms with Gasteiger partial charge in [0.05, 0.1) is 21.1 Å². The number of thiophene rings is 1. The number of aryl methyl sites for hydroxylation is 1. The number of amides is 1. The number of fused-ring (bicyclic) bond motifs is 1. The zero-order valence-corrected chi connectivity index (χ0v) is 14.9. The molecule has 2 aromatic carbocycles. The van der Waals surface area contributed by atoms with E-state index in [-0.39, 0.29) is 11.6 Å². The van der Waals surface area contributed by atoms with Crippen molar-refractivity contribution < 1.29 is 9.72 Å². The average Bonchev–Trinajstić information content (AvgIpc) is 2.96. The maximum Gasteiger partial charge on any atom is 0.274 e. The van der Waals surface area contributed by atoms with Gasteiger partial charge in [-0.1, -0.05) is 37.6 Å². The average molecular weight is 354 g/mol. The number of nitro groups is 1. The highest BCUT2D eigenvalue weighted by Crippen LogP contribution is 2.33. The summed E-state index contributed by atoms with van der Waals surface area (Å²) >= 11 is 1.46. The number of carbonyl (C=O) groups excluding carboxylic acids is 1. The Balaban J connectivity index is 2.00. The summed E-state index contributed by atoms with van der Waals surface area (Å²) in [5, 5.41) is 15.0. The van der Waals surface area contributed by atoms with E-state index in [0.717, 1.165) is 28.5 Å². The maximum absolute atomic E-state index is 12.8. The normalized spacial score (nSPS) is 10.8. The molecule has 3 aromatic rings. The van der Waals surface area contributed by atoms with E-state index in [9.17, 15) is 14.9 Å². The molecule has 25 heavy (non-hydrogen) atoms. The van der Waals surface area contributed by atoms with E-state index >= 15 is 0 Å². The van der Waals surface area contributed by atoms with Gasteiger partial charge in [-0.05, 0) is 36.4 Å². The molecule has 6 heteroatoms.